The number of benzene rings is 2. The van der Waals surface area contributed by atoms with Crippen molar-refractivity contribution in [2.75, 3.05) is 19.5 Å². The summed E-state index contributed by atoms with van der Waals surface area (Å²) in [5, 5.41) is 8.19. The van der Waals surface area contributed by atoms with Gasteiger partial charge in [0.1, 0.15) is 11.5 Å². The van der Waals surface area contributed by atoms with E-state index in [9.17, 15) is 4.79 Å². The molecule has 0 bridgehead atoms. The van der Waals surface area contributed by atoms with Crippen molar-refractivity contribution in [3.05, 3.63) is 78.1 Å². The predicted octanol–water partition coefficient (Wildman–Crippen LogP) is 3.75. The zero-order valence-corrected chi connectivity index (χ0v) is 16.1. The van der Waals surface area contributed by atoms with E-state index in [0.29, 0.717) is 29.6 Å². The highest BCUT2D eigenvalue weighted by molar-refractivity contribution is 6.03. The number of anilines is 1. The molecule has 0 aliphatic rings. The van der Waals surface area contributed by atoms with E-state index in [0.717, 1.165) is 16.5 Å². The van der Waals surface area contributed by atoms with E-state index in [1.54, 1.807) is 37.2 Å². The molecular weight excluding hydrogens is 368 g/mol. The molecule has 0 spiro atoms. The van der Waals surface area contributed by atoms with Crippen LogP contribution in [0.1, 0.15) is 16.1 Å². The second kappa shape index (κ2) is 8.02. The maximum Gasteiger partial charge on any atom is 0.275 e. The Kier molecular flexibility index (Phi) is 5.11. The average molecular weight is 388 g/mol. The largest absolute Gasteiger partial charge is 0.493 e. The lowest BCUT2D eigenvalue weighted by Gasteiger charge is -2.14. The van der Waals surface area contributed by atoms with Gasteiger partial charge in [-0.05, 0) is 18.2 Å². The molecule has 1 amide bonds. The van der Waals surface area contributed by atoms with Crippen molar-refractivity contribution in [2.45, 2.75) is 6.54 Å². The first-order valence-electron chi connectivity index (χ1n) is 9.08. The molecule has 0 atom stereocenters. The summed E-state index contributed by atoms with van der Waals surface area (Å²) in [5.41, 5.74) is 2.00. The minimum Gasteiger partial charge on any atom is -0.493 e. The van der Waals surface area contributed by atoms with Gasteiger partial charge in [0.2, 0.25) is 0 Å². The van der Waals surface area contributed by atoms with E-state index in [1.165, 1.54) is 0 Å². The fraction of sp³-hybridized carbons (Fsp3) is 0.136. The minimum atomic E-state index is -0.296. The van der Waals surface area contributed by atoms with Crippen molar-refractivity contribution in [1.29, 1.82) is 0 Å². The van der Waals surface area contributed by atoms with Gasteiger partial charge >= 0.3 is 0 Å². The van der Waals surface area contributed by atoms with Gasteiger partial charge in [0.25, 0.3) is 5.91 Å². The van der Waals surface area contributed by atoms with Crippen molar-refractivity contribution in [2.24, 2.45) is 0 Å². The number of ether oxygens (including phenoxy) is 2. The van der Waals surface area contributed by atoms with Crippen molar-refractivity contribution in [1.82, 2.24) is 14.8 Å². The van der Waals surface area contributed by atoms with Crippen LogP contribution in [0, 0.1) is 0 Å². The van der Waals surface area contributed by atoms with E-state index < -0.39 is 0 Å². The van der Waals surface area contributed by atoms with Crippen molar-refractivity contribution >= 4 is 22.6 Å². The van der Waals surface area contributed by atoms with Gasteiger partial charge in [-0.25, -0.2) is 9.67 Å². The van der Waals surface area contributed by atoms with Gasteiger partial charge in [0.15, 0.2) is 11.5 Å². The second-order valence-corrected chi connectivity index (χ2v) is 6.37. The molecule has 0 aliphatic heterocycles. The topological polar surface area (TPSA) is 78.3 Å². The standard InChI is InChI=1S/C22H20N4O3/c1-28-19-9-5-7-16(21(19)29-2)14-26-20(12-13-23-26)25-22(27)18-11-10-15-6-3-4-8-17(15)24-18/h3-13H,14H2,1-2H3,(H,25,27). The van der Waals surface area contributed by atoms with Crippen LogP contribution < -0.4 is 14.8 Å². The molecule has 7 nitrogen and oxygen atoms in total. The zero-order valence-electron chi connectivity index (χ0n) is 16.1. The van der Waals surface area contributed by atoms with Crippen LogP contribution in [0.15, 0.2) is 66.9 Å². The van der Waals surface area contributed by atoms with Crippen LogP contribution in [-0.2, 0) is 6.54 Å². The number of carbonyl (C=O) groups is 1. The third kappa shape index (κ3) is 3.75. The number of aromatic nitrogens is 3. The summed E-state index contributed by atoms with van der Waals surface area (Å²) < 4.78 is 12.5. The first kappa shape index (κ1) is 18.5. The van der Waals surface area contributed by atoms with E-state index in [-0.39, 0.29) is 5.91 Å². The lowest BCUT2D eigenvalue weighted by atomic mass is 10.2. The molecule has 0 saturated heterocycles. The monoisotopic (exact) mass is 388 g/mol. The maximum atomic E-state index is 12.7. The molecule has 146 valence electrons. The lowest BCUT2D eigenvalue weighted by Crippen LogP contribution is -2.17. The molecule has 0 fully saturated rings. The predicted molar refractivity (Wildman–Crippen MR) is 111 cm³/mol. The Morgan fingerprint density at radius 2 is 1.86 bits per heavy atom. The average Bonchev–Trinajstić information content (AvgIpc) is 3.19. The van der Waals surface area contributed by atoms with Crippen LogP contribution in [0.4, 0.5) is 5.82 Å². The molecule has 0 aliphatic carbocycles. The van der Waals surface area contributed by atoms with Crippen LogP contribution in [0.2, 0.25) is 0 Å². The summed E-state index contributed by atoms with van der Waals surface area (Å²) in [6.45, 7) is 0.411. The van der Waals surface area contributed by atoms with Gasteiger partial charge in [0.05, 0.1) is 32.5 Å². The number of nitrogens with zero attached hydrogens (tertiary/aromatic N) is 3. The quantitative estimate of drug-likeness (QED) is 0.544. The van der Waals surface area contributed by atoms with E-state index in [1.807, 2.05) is 48.5 Å². The number of amides is 1. The second-order valence-electron chi connectivity index (χ2n) is 6.37. The van der Waals surface area contributed by atoms with E-state index in [2.05, 4.69) is 15.4 Å². The normalized spacial score (nSPS) is 10.7. The van der Waals surface area contributed by atoms with Gasteiger partial charge in [-0.15, -0.1) is 0 Å². The highest BCUT2D eigenvalue weighted by Crippen LogP contribution is 2.31. The zero-order chi connectivity index (χ0) is 20.2. The van der Waals surface area contributed by atoms with Gasteiger partial charge in [-0.2, -0.15) is 5.10 Å². The van der Waals surface area contributed by atoms with Crippen LogP contribution in [0.3, 0.4) is 0 Å². The number of rotatable bonds is 6. The summed E-state index contributed by atoms with van der Waals surface area (Å²) in [6, 6.07) is 18.7. The summed E-state index contributed by atoms with van der Waals surface area (Å²) in [7, 11) is 3.19. The third-order valence-electron chi connectivity index (χ3n) is 4.59. The van der Waals surface area contributed by atoms with Crippen LogP contribution >= 0.6 is 0 Å². The van der Waals surface area contributed by atoms with Gasteiger partial charge in [-0.1, -0.05) is 36.4 Å². The summed E-state index contributed by atoms with van der Waals surface area (Å²) in [6.07, 6.45) is 1.64. The number of pyridine rings is 1. The number of hydrogen-bond acceptors (Lipinski definition) is 5. The summed E-state index contributed by atoms with van der Waals surface area (Å²) in [4.78, 5) is 17.2. The molecule has 4 rings (SSSR count). The molecule has 0 radical (unpaired) electrons. The lowest BCUT2D eigenvalue weighted by molar-refractivity contribution is 0.102. The van der Waals surface area contributed by atoms with Gasteiger partial charge < -0.3 is 14.8 Å². The Bertz CT molecular complexity index is 1170. The van der Waals surface area contributed by atoms with Crippen molar-refractivity contribution < 1.29 is 14.3 Å². The molecule has 7 heteroatoms. The Labute approximate surface area is 167 Å². The van der Waals surface area contributed by atoms with Gasteiger partial charge in [-0.3, -0.25) is 4.79 Å². The molecule has 1 N–H and O–H groups in total. The number of para-hydroxylation sites is 2. The van der Waals surface area contributed by atoms with Crippen LogP contribution in [-0.4, -0.2) is 34.9 Å². The third-order valence-corrected chi connectivity index (χ3v) is 4.59. The SMILES string of the molecule is COc1cccc(Cn2nccc2NC(=O)c2ccc3ccccc3n2)c1OC. The highest BCUT2D eigenvalue weighted by atomic mass is 16.5. The Morgan fingerprint density at radius 1 is 1.00 bits per heavy atom. The van der Waals surface area contributed by atoms with Crippen molar-refractivity contribution in [3.8, 4) is 11.5 Å². The molecule has 2 heterocycles. The number of carbonyl (C=O) groups excluding carboxylic acids is 1. The number of hydrogen-bond donors (Lipinski definition) is 1. The summed E-state index contributed by atoms with van der Waals surface area (Å²) in [5.74, 6) is 1.55. The fourth-order valence-electron chi connectivity index (χ4n) is 3.18. The molecule has 0 saturated carbocycles. The molecule has 2 aromatic carbocycles. The first-order valence-corrected chi connectivity index (χ1v) is 9.08. The molecular formula is C22H20N4O3. The van der Waals surface area contributed by atoms with E-state index in [4.69, 9.17) is 9.47 Å². The molecule has 29 heavy (non-hydrogen) atoms. The summed E-state index contributed by atoms with van der Waals surface area (Å²) >= 11 is 0. The number of nitrogens with one attached hydrogen (secondary N) is 1. The Balaban J connectivity index is 1.57. The Hall–Kier alpha value is -3.87. The maximum absolute atomic E-state index is 12.7. The van der Waals surface area contributed by atoms with Crippen LogP contribution in [0.25, 0.3) is 10.9 Å². The number of fused-ring (bicyclic) bond motifs is 1. The van der Waals surface area contributed by atoms with Crippen LogP contribution in [0.5, 0.6) is 11.5 Å². The fourth-order valence-corrected chi connectivity index (χ4v) is 3.18. The highest BCUT2D eigenvalue weighted by Gasteiger charge is 2.15. The molecule has 0 unspecified atom stereocenters. The number of methoxy groups -OCH3 is 2. The first-order chi connectivity index (χ1) is 14.2. The molecule has 4 aromatic rings. The van der Waals surface area contributed by atoms with E-state index >= 15 is 0 Å². The smallest absolute Gasteiger partial charge is 0.275 e. The molecule has 2 aromatic heterocycles. The van der Waals surface area contributed by atoms with Crippen molar-refractivity contribution in [3.63, 3.8) is 0 Å². The van der Waals surface area contributed by atoms with Gasteiger partial charge in [0, 0.05) is 17.0 Å². The minimum absolute atomic E-state index is 0.296. The Morgan fingerprint density at radius 3 is 2.69 bits per heavy atom.